The van der Waals surface area contributed by atoms with E-state index in [0.717, 1.165) is 47.2 Å². The van der Waals surface area contributed by atoms with Gasteiger partial charge in [-0.15, -0.1) is 0 Å². The number of benzene rings is 2. The Morgan fingerprint density at radius 1 is 1.12 bits per heavy atom. The van der Waals surface area contributed by atoms with Crippen LogP contribution in [-0.2, 0) is 6.42 Å². The maximum Gasteiger partial charge on any atom is 0.127 e. The summed E-state index contributed by atoms with van der Waals surface area (Å²) in [5, 5.41) is 0.962. The molecule has 1 unspecified atom stereocenters. The highest BCUT2D eigenvalue weighted by molar-refractivity contribution is 5.92. The number of hydrogen-bond acceptors (Lipinski definition) is 4. The van der Waals surface area contributed by atoms with Crippen molar-refractivity contribution in [3.63, 3.8) is 0 Å². The van der Waals surface area contributed by atoms with Crippen LogP contribution in [0.2, 0.25) is 0 Å². The SMILES string of the molecule is COc1cccc2c1C(c1cc3c(N)cccc3nc1N)CCC2. The van der Waals surface area contributed by atoms with Crippen molar-refractivity contribution >= 4 is 22.4 Å². The molecule has 0 amide bonds. The van der Waals surface area contributed by atoms with E-state index in [4.69, 9.17) is 16.2 Å². The fraction of sp³-hybridized carbons (Fsp3) is 0.250. The highest BCUT2D eigenvalue weighted by atomic mass is 16.5. The van der Waals surface area contributed by atoms with Gasteiger partial charge >= 0.3 is 0 Å². The largest absolute Gasteiger partial charge is 0.496 e. The Bertz CT molecular complexity index is 906. The lowest BCUT2D eigenvalue weighted by Gasteiger charge is -2.28. The molecule has 24 heavy (non-hydrogen) atoms. The monoisotopic (exact) mass is 319 g/mol. The van der Waals surface area contributed by atoms with Crippen LogP contribution in [0.15, 0.2) is 42.5 Å². The third-order valence-corrected chi connectivity index (χ3v) is 4.99. The molecule has 2 aromatic carbocycles. The van der Waals surface area contributed by atoms with Crippen LogP contribution in [0.5, 0.6) is 5.75 Å². The predicted octanol–water partition coefficient (Wildman–Crippen LogP) is 3.88. The standard InChI is InChI=1S/C20H21N3O/c1-24-18-10-3-6-12-5-2-7-13(19(12)18)14-11-15-16(21)8-4-9-17(15)23-20(14)22/h3-4,6,8-11,13H,2,5,7,21H2,1H3,(H2,22,23). The van der Waals surface area contributed by atoms with Crippen LogP contribution in [0.4, 0.5) is 11.5 Å². The molecule has 0 saturated heterocycles. The maximum atomic E-state index is 6.32. The summed E-state index contributed by atoms with van der Waals surface area (Å²) in [6.07, 6.45) is 3.25. The van der Waals surface area contributed by atoms with Crippen LogP contribution in [-0.4, -0.2) is 12.1 Å². The second-order valence-corrected chi connectivity index (χ2v) is 6.35. The van der Waals surface area contributed by atoms with Crippen molar-refractivity contribution in [3.05, 3.63) is 59.2 Å². The van der Waals surface area contributed by atoms with E-state index in [9.17, 15) is 0 Å². The fourth-order valence-corrected chi connectivity index (χ4v) is 3.86. The Hall–Kier alpha value is -2.75. The number of nitrogens with two attached hydrogens (primary N) is 2. The lowest BCUT2D eigenvalue weighted by molar-refractivity contribution is 0.402. The van der Waals surface area contributed by atoms with Gasteiger partial charge in [-0.25, -0.2) is 4.98 Å². The number of ether oxygens (including phenoxy) is 1. The third-order valence-electron chi connectivity index (χ3n) is 4.99. The quantitative estimate of drug-likeness (QED) is 0.703. The lowest BCUT2D eigenvalue weighted by atomic mass is 9.78. The van der Waals surface area contributed by atoms with Gasteiger partial charge in [-0.1, -0.05) is 18.2 Å². The van der Waals surface area contributed by atoms with Crippen LogP contribution in [0.25, 0.3) is 10.9 Å². The van der Waals surface area contributed by atoms with Crippen molar-refractivity contribution < 1.29 is 4.74 Å². The van der Waals surface area contributed by atoms with Gasteiger partial charge in [0.1, 0.15) is 11.6 Å². The van der Waals surface area contributed by atoms with Crippen molar-refractivity contribution in [2.24, 2.45) is 0 Å². The molecule has 1 atom stereocenters. The molecule has 0 bridgehead atoms. The highest BCUT2D eigenvalue weighted by Gasteiger charge is 2.27. The summed E-state index contributed by atoms with van der Waals surface area (Å²) < 4.78 is 5.63. The van der Waals surface area contributed by atoms with Gasteiger partial charge < -0.3 is 16.2 Å². The predicted molar refractivity (Wildman–Crippen MR) is 98.3 cm³/mol. The molecule has 1 heterocycles. The number of fused-ring (bicyclic) bond motifs is 2. The summed E-state index contributed by atoms with van der Waals surface area (Å²) in [4.78, 5) is 4.60. The maximum absolute atomic E-state index is 6.32. The molecule has 1 aliphatic carbocycles. The minimum Gasteiger partial charge on any atom is -0.496 e. The van der Waals surface area contributed by atoms with Gasteiger partial charge in [0, 0.05) is 28.1 Å². The smallest absolute Gasteiger partial charge is 0.127 e. The second-order valence-electron chi connectivity index (χ2n) is 6.35. The van der Waals surface area contributed by atoms with Crippen molar-refractivity contribution in [2.75, 3.05) is 18.6 Å². The summed E-state index contributed by atoms with van der Waals surface area (Å²) in [7, 11) is 1.72. The van der Waals surface area contributed by atoms with Crippen molar-refractivity contribution in [3.8, 4) is 5.75 Å². The molecule has 1 aliphatic rings. The van der Waals surface area contributed by atoms with Gasteiger partial charge in [0.15, 0.2) is 0 Å². The fourth-order valence-electron chi connectivity index (χ4n) is 3.86. The Morgan fingerprint density at radius 3 is 2.79 bits per heavy atom. The zero-order chi connectivity index (χ0) is 16.7. The van der Waals surface area contributed by atoms with E-state index in [0.29, 0.717) is 5.82 Å². The van der Waals surface area contributed by atoms with Gasteiger partial charge in [-0.3, -0.25) is 0 Å². The van der Waals surface area contributed by atoms with E-state index in [1.54, 1.807) is 7.11 Å². The molecule has 122 valence electrons. The molecule has 3 aromatic rings. The Balaban J connectivity index is 1.94. The molecule has 0 saturated carbocycles. The minimum atomic E-state index is 0.196. The number of hydrogen-bond donors (Lipinski definition) is 2. The van der Waals surface area contributed by atoms with Crippen molar-refractivity contribution in [2.45, 2.75) is 25.2 Å². The van der Waals surface area contributed by atoms with Gasteiger partial charge in [0.25, 0.3) is 0 Å². The van der Waals surface area contributed by atoms with Crippen LogP contribution in [0.1, 0.15) is 35.4 Å². The first kappa shape index (κ1) is 14.8. The van der Waals surface area contributed by atoms with Gasteiger partial charge in [-0.05, 0) is 49.1 Å². The van der Waals surface area contributed by atoms with E-state index in [1.165, 1.54) is 11.1 Å². The Kier molecular flexibility index (Phi) is 3.53. The number of anilines is 2. The summed E-state index contributed by atoms with van der Waals surface area (Å²) in [5.41, 5.74) is 17.7. The number of nitrogens with zero attached hydrogens (tertiary/aromatic N) is 1. The number of methoxy groups -OCH3 is 1. The third kappa shape index (κ3) is 2.26. The summed E-state index contributed by atoms with van der Waals surface area (Å²) in [6.45, 7) is 0. The zero-order valence-corrected chi connectivity index (χ0v) is 13.8. The average molecular weight is 319 g/mol. The second kappa shape index (κ2) is 5.71. The number of aromatic nitrogens is 1. The lowest BCUT2D eigenvalue weighted by Crippen LogP contribution is -2.15. The van der Waals surface area contributed by atoms with Crippen molar-refractivity contribution in [1.82, 2.24) is 4.98 Å². The molecule has 4 heteroatoms. The normalized spacial score (nSPS) is 16.8. The molecule has 4 nitrogen and oxygen atoms in total. The number of nitrogen functional groups attached to an aromatic ring is 2. The highest BCUT2D eigenvalue weighted by Crippen LogP contribution is 2.44. The van der Waals surface area contributed by atoms with Crippen LogP contribution in [0.3, 0.4) is 0 Å². The topological polar surface area (TPSA) is 74.2 Å². The molecule has 0 radical (unpaired) electrons. The van der Waals surface area contributed by atoms with E-state index in [2.05, 4.69) is 23.2 Å². The van der Waals surface area contributed by atoms with Gasteiger partial charge in [0.2, 0.25) is 0 Å². The van der Waals surface area contributed by atoms with Crippen LogP contribution >= 0.6 is 0 Å². The molecule has 0 spiro atoms. The zero-order valence-electron chi connectivity index (χ0n) is 13.8. The molecule has 4 N–H and O–H groups in total. The molecule has 1 aromatic heterocycles. The molecular formula is C20H21N3O. The summed E-state index contributed by atoms with van der Waals surface area (Å²) in [6, 6.07) is 14.1. The first-order valence-corrected chi connectivity index (χ1v) is 8.29. The van der Waals surface area contributed by atoms with E-state index in [-0.39, 0.29) is 5.92 Å². The number of rotatable bonds is 2. The summed E-state index contributed by atoms with van der Waals surface area (Å²) >= 11 is 0. The first-order valence-electron chi connectivity index (χ1n) is 8.29. The van der Waals surface area contributed by atoms with Gasteiger partial charge in [0.05, 0.1) is 12.6 Å². The number of aryl methyl sites for hydroxylation is 1. The summed E-state index contributed by atoms with van der Waals surface area (Å²) in [5.74, 6) is 1.70. The van der Waals surface area contributed by atoms with Crippen LogP contribution in [0, 0.1) is 0 Å². The van der Waals surface area contributed by atoms with Crippen molar-refractivity contribution in [1.29, 1.82) is 0 Å². The number of pyridine rings is 1. The molecule has 0 aliphatic heterocycles. The van der Waals surface area contributed by atoms with Crippen LogP contribution < -0.4 is 16.2 Å². The average Bonchev–Trinajstić information content (AvgIpc) is 2.60. The molecule has 4 rings (SSSR count). The first-order chi connectivity index (χ1) is 11.7. The van der Waals surface area contributed by atoms with E-state index < -0.39 is 0 Å². The van der Waals surface area contributed by atoms with E-state index >= 15 is 0 Å². The Labute approximate surface area is 141 Å². The molecule has 0 fully saturated rings. The molecular weight excluding hydrogens is 298 g/mol. The Morgan fingerprint density at radius 2 is 1.96 bits per heavy atom. The van der Waals surface area contributed by atoms with Gasteiger partial charge in [-0.2, -0.15) is 0 Å². The van der Waals surface area contributed by atoms with E-state index in [1.807, 2.05) is 24.3 Å². The minimum absolute atomic E-state index is 0.196.